The van der Waals surface area contributed by atoms with E-state index in [1.165, 1.54) is 7.11 Å². The molecule has 3 N–H and O–H groups in total. The molecule has 0 aliphatic heterocycles. The molecule has 1 aliphatic rings. The SMILES string of the molecule is COc1cc(CNC2CCCCC2O)cc(Br)c1O. The highest BCUT2D eigenvalue weighted by atomic mass is 79.9. The number of aliphatic hydroxyl groups is 1. The van der Waals surface area contributed by atoms with Gasteiger partial charge in [-0.1, -0.05) is 12.8 Å². The summed E-state index contributed by atoms with van der Waals surface area (Å²) < 4.78 is 5.74. The number of ether oxygens (including phenoxy) is 1. The van der Waals surface area contributed by atoms with Crippen molar-refractivity contribution in [1.82, 2.24) is 5.32 Å². The lowest BCUT2D eigenvalue weighted by atomic mass is 9.92. The number of halogens is 1. The Morgan fingerprint density at radius 2 is 2.11 bits per heavy atom. The minimum absolute atomic E-state index is 0.115. The first-order valence-corrected chi connectivity index (χ1v) is 7.38. The zero-order valence-corrected chi connectivity index (χ0v) is 12.6. The summed E-state index contributed by atoms with van der Waals surface area (Å²) >= 11 is 3.31. The number of hydrogen-bond acceptors (Lipinski definition) is 4. The molecule has 1 saturated carbocycles. The highest BCUT2D eigenvalue weighted by molar-refractivity contribution is 9.10. The topological polar surface area (TPSA) is 61.7 Å². The van der Waals surface area contributed by atoms with E-state index >= 15 is 0 Å². The lowest BCUT2D eigenvalue weighted by molar-refractivity contribution is 0.0902. The first-order valence-electron chi connectivity index (χ1n) is 6.58. The standard InChI is InChI=1S/C14H20BrNO3/c1-19-13-7-9(6-10(15)14(13)18)8-16-11-4-2-3-5-12(11)17/h6-7,11-12,16-18H,2-5,8H2,1H3. The van der Waals surface area contributed by atoms with Crippen molar-refractivity contribution in [3.8, 4) is 11.5 Å². The first-order chi connectivity index (χ1) is 9.11. The molecule has 1 aromatic rings. The summed E-state index contributed by atoms with van der Waals surface area (Å²) in [6, 6.07) is 3.83. The van der Waals surface area contributed by atoms with Gasteiger partial charge in [0.25, 0.3) is 0 Å². The van der Waals surface area contributed by atoms with E-state index in [1.54, 1.807) is 0 Å². The van der Waals surface area contributed by atoms with Crippen LogP contribution in [0, 0.1) is 0 Å². The zero-order valence-electron chi connectivity index (χ0n) is 11.0. The fourth-order valence-corrected chi connectivity index (χ4v) is 2.97. The molecular weight excluding hydrogens is 310 g/mol. The second-order valence-electron chi connectivity index (χ2n) is 4.97. The molecule has 0 radical (unpaired) electrons. The average molecular weight is 330 g/mol. The third-order valence-electron chi connectivity index (χ3n) is 3.61. The summed E-state index contributed by atoms with van der Waals surface area (Å²) in [5.41, 5.74) is 1.01. The number of rotatable bonds is 4. The summed E-state index contributed by atoms with van der Waals surface area (Å²) in [6.45, 7) is 0.650. The molecule has 19 heavy (non-hydrogen) atoms. The van der Waals surface area contributed by atoms with Crippen molar-refractivity contribution in [2.75, 3.05) is 7.11 Å². The number of hydrogen-bond donors (Lipinski definition) is 3. The van der Waals surface area contributed by atoms with Crippen molar-refractivity contribution in [1.29, 1.82) is 0 Å². The van der Waals surface area contributed by atoms with Crippen LogP contribution in [0.3, 0.4) is 0 Å². The van der Waals surface area contributed by atoms with Gasteiger partial charge in [-0.05, 0) is 46.5 Å². The van der Waals surface area contributed by atoms with Gasteiger partial charge in [-0.3, -0.25) is 0 Å². The molecular formula is C14H20BrNO3. The molecule has 1 fully saturated rings. The molecule has 2 unspecified atom stereocenters. The largest absolute Gasteiger partial charge is 0.503 e. The molecule has 0 heterocycles. The fourth-order valence-electron chi connectivity index (χ4n) is 2.48. The molecule has 0 bridgehead atoms. The van der Waals surface area contributed by atoms with Crippen LogP contribution in [0.25, 0.3) is 0 Å². The van der Waals surface area contributed by atoms with E-state index in [4.69, 9.17) is 4.74 Å². The molecule has 0 spiro atoms. The Morgan fingerprint density at radius 3 is 2.79 bits per heavy atom. The lowest BCUT2D eigenvalue weighted by Gasteiger charge is -2.28. The molecule has 0 saturated heterocycles. The minimum atomic E-state index is -0.254. The third kappa shape index (κ3) is 3.61. The molecule has 0 aromatic heterocycles. The van der Waals surface area contributed by atoms with Crippen LogP contribution in [-0.4, -0.2) is 29.5 Å². The second kappa shape index (κ2) is 6.59. The predicted molar refractivity (Wildman–Crippen MR) is 77.5 cm³/mol. The van der Waals surface area contributed by atoms with E-state index in [0.29, 0.717) is 16.8 Å². The Labute approximate surface area is 121 Å². The van der Waals surface area contributed by atoms with Gasteiger partial charge in [0.15, 0.2) is 11.5 Å². The molecule has 1 aliphatic carbocycles. The maximum atomic E-state index is 9.91. The molecule has 5 heteroatoms. The van der Waals surface area contributed by atoms with Crippen LogP contribution in [0.1, 0.15) is 31.2 Å². The van der Waals surface area contributed by atoms with Crippen molar-refractivity contribution < 1.29 is 14.9 Å². The molecule has 0 amide bonds. The number of aliphatic hydroxyl groups excluding tert-OH is 1. The lowest BCUT2D eigenvalue weighted by Crippen LogP contribution is -2.41. The van der Waals surface area contributed by atoms with E-state index < -0.39 is 0 Å². The third-order valence-corrected chi connectivity index (χ3v) is 4.21. The summed E-state index contributed by atoms with van der Waals surface area (Å²) in [7, 11) is 1.53. The summed E-state index contributed by atoms with van der Waals surface area (Å²) in [6.07, 6.45) is 3.91. The zero-order chi connectivity index (χ0) is 13.8. The van der Waals surface area contributed by atoms with Crippen LogP contribution in [0.5, 0.6) is 11.5 Å². The van der Waals surface area contributed by atoms with Gasteiger partial charge in [-0.2, -0.15) is 0 Å². The van der Waals surface area contributed by atoms with Crippen LogP contribution < -0.4 is 10.1 Å². The van der Waals surface area contributed by atoms with Crippen LogP contribution >= 0.6 is 15.9 Å². The quantitative estimate of drug-likeness (QED) is 0.794. The summed E-state index contributed by atoms with van der Waals surface area (Å²) in [4.78, 5) is 0. The van der Waals surface area contributed by atoms with E-state index in [-0.39, 0.29) is 17.9 Å². The molecule has 2 rings (SSSR count). The van der Waals surface area contributed by atoms with Crippen molar-refractivity contribution >= 4 is 15.9 Å². The summed E-state index contributed by atoms with van der Waals surface area (Å²) in [5.74, 6) is 0.569. The number of nitrogens with one attached hydrogen (secondary N) is 1. The predicted octanol–water partition coefficient (Wildman–Crippen LogP) is 2.56. The van der Waals surface area contributed by atoms with Gasteiger partial charge in [0.1, 0.15) is 0 Å². The monoisotopic (exact) mass is 329 g/mol. The normalized spacial score (nSPS) is 23.3. The van der Waals surface area contributed by atoms with E-state index in [2.05, 4.69) is 21.2 Å². The minimum Gasteiger partial charge on any atom is -0.503 e. The maximum Gasteiger partial charge on any atom is 0.172 e. The van der Waals surface area contributed by atoms with E-state index in [0.717, 1.165) is 31.2 Å². The highest BCUT2D eigenvalue weighted by Gasteiger charge is 2.22. The van der Waals surface area contributed by atoms with Gasteiger partial charge in [-0.15, -0.1) is 0 Å². The van der Waals surface area contributed by atoms with Gasteiger partial charge >= 0.3 is 0 Å². The van der Waals surface area contributed by atoms with Gasteiger partial charge in [-0.25, -0.2) is 0 Å². The van der Waals surface area contributed by atoms with E-state index in [1.807, 2.05) is 12.1 Å². The summed E-state index contributed by atoms with van der Waals surface area (Å²) in [5, 5.41) is 23.0. The van der Waals surface area contributed by atoms with E-state index in [9.17, 15) is 10.2 Å². The molecule has 106 valence electrons. The fraction of sp³-hybridized carbons (Fsp3) is 0.571. The Balaban J connectivity index is 2.01. The number of benzene rings is 1. The van der Waals surface area contributed by atoms with Gasteiger partial charge in [0.2, 0.25) is 0 Å². The Kier molecular flexibility index (Phi) is 5.07. The van der Waals surface area contributed by atoms with Gasteiger partial charge < -0.3 is 20.3 Å². The van der Waals surface area contributed by atoms with Crippen LogP contribution in [-0.2, 0) is 6.54 Å². The number of aromatic hydroxyl groups is 1. The van der Waals surface area contributed by atoms with Crippen molar-refractivity contribution in [2.45, 2.75) is 44.4 Å². The van der Waals surface area contributed by atoms with Crippen LogP contribution in [0.4, 0.5) is 0 Å². The molecule has 1 aromatic carbocycles. The first kappa shape index (κ1) is 14.6. The van der Waals surface area contributed by atoms with Crippen molar-refractivity contribution in [3.63, 3.8) is 0 Å². The average Bonchev–Trinajstić information content (AvgIpc) is 2.41. The van der Waals surface area contributed by atoms with Crippen LogP contribution in [0.15, 0.2) is 16.6 Å². The maximum absolute atomic E-state index is 9.91. The number of phenols is 1. The van der Waals surface area contributed by atoms with Gasteiger partial charge in [0.05, 0.1) is 17.7 Å². The smallest absolute Gasteiger partial charge is 0.172 e. The Bertz CT molecular complexity index is 439. The van der Waals surface area contributed by atoms with Crippen molar-refractivity contribution in [3.05, 3.63) is 22.2 Å². The van der Waals surface area contributed by atoms with Crippen molar-refractivity contribution in [2.24, 2.45) is 0 Å². The molecule has 4 nitrogen and oxygen atoms in total. The Morgan fingerprint density at radius 1 is 1.37 bits per heavy atom. The highest BCUT2D eigenvalue weighted by Crippen LogP contribution is 2.35. The van der Waals surface area contributed by atoms with Crippen LogP contribution in [0.2, 0.25) is 0 Å². The van der Waals surface area contributed by atoms with Gasteiger partial charge in [0, 0.05) is 12.6 Å². The number of phenolic OH excluding ortho intramolecular Hbond substituents is 1. The number of methoxy groups -OCH3 is 1. The second-order valence-corrected chi connectivity index (χ2v) is 5.82. The molecule has 2 atom stereocenters. The Hall–Kier alpha value is -0.780.